The summed E-state index contributed by atoms with van der Waals surface area (Å²) in [4.78, 5) is 27.7. The number of aromatic nitrogens is 1. The van der Waals surface area contributed by atoms with Gasteiger partial charge in [0.25, 0.3) is 0 Å². The molecule has 1 rings (SSSR count). The maximum atomic E-state index is 12.0. The van der Waals surface area contributed by atoms with Crippen LogP contribution >= 0.6 is 11.8 Å². The molecule has 1 atom stereocenters. The van der Waals surface area contributed by atoms with Crippen molar-refractivity contribution in [3.05, 3.63) is 18.3 Å². The third-order valence-corrected chi connectivity index (χ3v) is 3.00. The minimum absolute atomic E-state index is 0.334. The fourth-order valence-corrected chi connectivity index (χ4v) is 1.74. The van der Waals surface area contributed by atoms with Crippen LogP contribution in [0, 0.1) is 0 Å². The number of thioether (sulfide) groups is 1. The number of amides is 2. The van der Waals surface area contributed by atoms with E-state index in [0.717, 1.165) is 5.03 Å². The lowest BCUT2D eigenvalue weighted by molar-refractivity contribution is -0.117. The maximum absolute atomic E-state index is 12.0. The predicted molar refractivity (Wildman–Crippen MR) is 83.5 cm³/mol. The van der Waals surface area contributed by atoms with Crippen LogP contribution in [-0.4, -0.2) is 34.9 Å². The highest BCUT2D eigenvalue weighted by Gasteiger charge is 2.21. The Morgan fingerprint density at radius 2 is 2.00 bits per heavy atom. The molecule has 0 fully saturated rings. The molecule has 0 aliphatic rings. The first kappa shape index (κ1) is 17.3. The van der Waals surface area contributed by atoms with Gasteiger partial charge in [-0.05, 0) is 46.1 Å². The molecule has 2 amide bonds. The third kappa shape index (κ3) is 6.48. The summed E-state index contributed by atoms with van der Waals surface area (Å²) in [5.41, 5.74) is -0.0201. The number of nitrogens with zero attached hydrogens (tertiary/aromatic N) is 1. The molecule has 21 heavy (non-hydrogen) atoms. The van der Waals surface area contributed by atoms with Crippen LogP contribution in [0.1, 0.15) is 27.7 Å². The number of pyridine rings is 1. The Hall–Kier alpha value is -1.76. The van der Waals surface area contributed by atoms with Crippen molar-refractivity contribution in [3.8, 4) is 0 Å². The van der Waals surface area contributed by atoms with E-state index in [0.29, 0.717) is 5.69 Å². The van der Waals surface area contributed by atoms with E-state index in [1.807, 2.05) is 12.3 Å². The SMILES string of the molecule is CSc1ccc(NC(=O)C(C)NC(=O)OC(C)(C)C)cn1. The van der Waals surface area contributed by atoms with E-state index in [1.165, 1.54) is 11.8 Å². The number of hydrogen-bond acceptors (Lipinski definition) is 5. The number of carbonyl (C=O) groups is 2. The summed E-state index contributed by atoms with van der Waals surface area (Å²) in [5.74, 6) is -0.334. The van der Waals surface area contributed by atoms with Gasteiger partial charge in [-0.25, -0.2) is 9.78 Å². The molecule has 0 spiro atoms. The number of carbonyl (C=O) groups excluding carboxylic acids is 2. The molecule has 0 aromatic carbocycles. The topological polar surface area (TPSA) is 80.3 Å². The normalized spacial score (nSPS) is 12.4. The Bertz CT molecular complexity index is 497. The zero-order valence-electron chi connectivity index (χ0n) is 12.9. The van der Waals surface area contributed by atoms with Crippen LogP contribution in [0.3, 0.4) is 0 Å². The Morgan fingerprint density at radius 3 is 2.48 bits per heavy atom. The number of rotatable bonds is 4. The molecule has 7 heteroatoms. The molecule has 116 valence electrons. The lowest BCUT2D eigenvalue weighted by Crippen LogP contribution is -2.43. The van der Waals surface area contributed by atoms with Crippen molar-refractivity contribution in [3.63, 3.8) is 0 Å². The van der Waals surface area contributed by atoms with Gasteiger partial charge in [-0.1, -0.05) is 0 Å². The molecule has 0 saturated heterocycles. The lowest BCUT2D eigenvalue weighted by atomic mass is 10.2. The first-order chi connectivity index (χ1) is 9.71. The number of nitrogens with one attached hydrogen (secondary N) is 2. The van der Waals surface area contributed by atoms with Crippen LogP contribution in [-0.2, 0) is 9.53 Å². The minimum Gasteiger partial charge on any atom is -0.444 e. The molecule has 1 heterocycles. The van der Waals surface area contributed by atoms with Gasteiger partial charge >= 0.3 is 6.09 Å². The molecule has 1 aromatic rings. The molecule has 0 bridgehead atoms. The number of ether oxygens (including phenoxy) is 1. The predicted octanol–water partition coefficient (Wildman–Crippen LogP) is 2.66. The second kappa shape index (κ2) is 7.31. The summed E-state index contributed by atoms with van der Waals surface area (Å²) in [7, 11) is 0. The Labute approximate surface area is 129 Å². The first-order valence-electron chi connectivity index (χ1n) is 6.51. The number of hydrogen-bond donors (Lipinski definition) is 2. The van der Waals surface area contributed by atoms with Crippen LogP contribution in [0.15, 0.2) is 23.4 Å². The largest absolute Gasteiger partial charge is 0.444 e. The van der Waals surface area contributed by atoms with Gasteiger partial charge in [0.1, 0.15) is 11.6 Å². The van der Waals surface area contributed by atoms with E-state index in [1.54, 1.807) is 40.0 Å². The summed E-state index contributed by atoms with van der Waals surface area (Å²) >= 11 is 1.52. The van der Waals surface area contributed by atoms with Crippen molar-refractivity contribution >= 4 is 29.4 Å². The molecule has 0 aliphatic heterocycles. The summed E-state index contributed by atoms with van der Waals surface area (Å²) in [6, 6.07) is 2.86. The minimum atomic E-state index is -0.708. The monoisotopic (exact) mass is 311 g/mol. The van der Waals surface area contributed by atoms with Crippen molar-refractivity contribution in [1.82, 2.24) is 10.3 Å². The van der Waals surface area contributed by atoms with E-state index in [-0.39, 0.29) is 5.91 Å². The summed E-state index contributed by atoms with van der Waals surface area (Å²) in [5, 5.41) is 6.03. The molecule has 1 unspecified atom stereocenters. The molecular formula is C14H21N3O3S. The molecule has 0 saturated carbocycles. The lowest BCUT2D eigenvalue weighted by Gasteiger charge is -2.21. The van der Waals surface area contributed by atoms with E-state index in [4.69, 9.17) is 4.74 Å². The zero-order chi connectivity index (χ0) is 16.0. The highest BCUT2D eigenvalue weighted by molar-refractivity contribution is 7.98. The molecule has 6 nitrogen and oxygen atoms in total. The molecule has 0 radical (unpaired) electrons. The van der Waals surface area contributed by atoms with Crippen LogP contribution in [0.2, 0.25) is 0 Å². The molecular weight excluding hydrogens is 290 g/mol. The van der Waals surface area contributed by atoms with Gasteiger partial charge in [-0.2, -0.15) is 0 Å². The first-order valence-corrected chi connectivity index (χ1v) is 7.74. The van der Waals surface area contributed by atoms with Crippen molar-refractivity contribution in [2.75, 3.05) is 11.6 Å². The van der Waals surface area contributed by atoms with E-state index in [2.05, 4.69) is 15.6 Å². The van der Waals surface area contributed by atoms with Crippen LogP contribution in [0.5, 0.6) is 0 Å². The standard InChI is InChI=1S/C14H21N3O3S/c1-9(16-13(19)20-14(2,3)4)12(18)17-10-6-7-11(21-5)15-8-10/h6-9H,1-5H3,(H,16,19)(H,17,18). The van der Waals surface area contributed by atoms with E-state index < -0.39 is 17.7 Å². The van der Waals surface area contributed by atoms with Crippen molar-refractivity contribution in [2.45, 2.75) is 44.4 Å². The van der Waals surface area contributed by atoms with Gasteiger partial charge in [0, 0.05) is 0 Å². The van der Waals surface area contributed by atoms with Crippen molar-refractivity contribution < 1.29 is 14.3 Å². The average molecular weight is 311 g/mol. The van der Waals surface area contributed by atoms with Gasteiger partial charge in [-0.3, -0.25) is 4.79 Å². The fourth-order valence-electron chi connectivity index (χ4n) is 1.38. The Kier molecular flexibility index (Phi) is 6.02. The Morgan fingerprint density at radius 1 is 1.33 bits per heavy atom. The second-order valence-electron chi connectivity index (χ2n) is 5.45. The second-order valence-corrected chi connectivity index (χ2v) is 6.27. The van der Waals surface area contributed by atoms with E-state index >= 15 is 0 Å². The fraction of sp³-hybridized carbons (Fsp3) is 0.500. The highest BCUT2D eigenvalue weighted by atomic mass is 32.2. The zero-order valence-corrected chi connectivity index (χ0v) is 13.7. The Balaban J connectivity index is 2.52. The van der Waals surface area contributed by atoms with Gasteiger partial charge < -0.3 is 15.4 Å². The van der Waals surface area contributed by atoms with Gasteiger partial charge in [-0.15, -0.1) is 11.8 Å². The maximum Gasteiger partial charge on any atom is 0.408 e. The van der Waals surface area contributed by atoms with Crippen LogP contribution < -0.4 is 10.6 Å². The van der Waals surface area contributed by atoms with Gasteiger partial charge in [0.2, 0.25) is 5.91 Å². The number of anilines is 1. The molecule has 1 aromatic heterocycles. The smallest absolute Gasteiger partial charge is 0.408 e. The molecule has 2 N–H and O–H groups in total. The van der Waals surface area contributed by atoms with Gasteiger partial charge in [0.05, 0.1) is 16.9 Å². The quantitative estimate of drug-likeness (QED) is 0.836. The summed E-state index contributed by atoms with van der Waals surface area (Å²) < 4.78 is 5.09. The summed E-state index contributed by atoms with van der Waals surface area (Å²) in [6.07, 6.45) is 2.87. The molecule has 0 aliphatic carbocycles. The van der Waals surface area contributed by atoms with Crippen molar-refractivity contribution in [1.29, 1.82) is 0 Å². The van der Waals surface area contributed by atoms with Crippen LogP contribution in [0.4, 0.5) is 10.5 Å². The average Bonchev–Trinajstić information content (AvgIpc) is 2.37. The summed E-state index contributed by atoms with van der Waals surface area (Å²) in [6.45, 7) is 6.87. The number of alkyl carbamates (subject to hydrolysis) is 1. The van der Waals surface area contributed by atoms with E-state index in [9.17, 15) is 9.59 Å². The van der Waals surface area contributed by atoms with Crippen LogP contribution in [0.25, 0.3) is 0 Å². The highest BCUT2D eigenvalue weighted by Crippen LogP contribution is 2.14. The van der Waals surface area contributed by atoms with Gasteiger partial charge in [0.15, 0.2) is 0 Å². The van der Waals surface area contributed by atoms with Crippen molar-refractivity contribution in [2.24, 2.45) is 0 Å². The third-order valence-electron chi connectivity index (χ3n) is 2.34.